The Morgan fingerprint density at radius 1 is 0.470 bits per heavy atom. The van der Waals surface area contributed by atoms with Gasteiger partial charge in [0.1, 0.15) is 29.1 Å². The number of carboxylic acids is 3. The van der Waals surface area contributed by atoms with Gasteiger partial charge in [0.2, 0.25) is 47.3 Å². The predicted octanol–water partition coefficient (Wildman–Crippen LogP) is 2.31. The molecule has 0 saturated carbocycles. The third kappa shape index (κ3) is 41.4. The zero-order valence-electron chi connectivity index (χ0n) is 76.2. The zero-order valence-corrected chi connectivity index (χ0v) is 77.1. The van der Waals surface area contributed by atoms with Gasteiger partial charge in [-0.3, -0.25) is 91.1 Å². The van der Waals surface area contributed by atoms with E-state index in [2.05, 4.69) is 37.2 Å². The fourth-order valence-electron chi connectivity index (χ4n) is 15.1. The third-order valence-electron chi connectivity index (χ3n) is 23.1. The number of nitrogens with two attached hydrogens (primary N) is 1. The van der Waals surface area contributed by atoms with E-state index >= 15 is 0 Å². The van der Waals surface area contributed by atoms with E-state index < -0.39 is 280 Å². The second kappa shape index (κ2) is 58.7. The highest BCUT2D eigenvalue weighted by atomic mass is 32.2. The average molecular weight is 1870 g/mol. The molecule has 132 heavy (non-hydrogen) atoms. The number of aliphatic hydroxyl groups is 4. The highest BCUT2D eigenvalue weighted by Gasteiger charge is 2.41. The highest BCUT2D eigenvalue weighted by Crippen LogP contribution is 2.27. The Balaban J connectivity index is 1.52. The summed E-state index contributed by atoms with van der Waals surface area (Å²) < 4.78 is 5.24. The van der Waals surface area contributed by atoms with E-state index in [9.17, 15) is 137 Å². The topological polar surface area (TPSA) is 629 Å². The van der Waals surface area contributed by atoms with E-state index in [0.29, 0.717) is 56.4 Å². The van der Waals surface area contributed by atoms with Gasteiger partial charge in [-0.15, -0.1) is 11.8 Å². The van der Waals surface area contributed by atoms with Crippen LogP contribution in [0.2, 0.25) is 0 Å². The SMILES string of the molecule is CC[C@H](C)[C@H](NC(=O)[C@H](CO)CC(=O)[C@H](Cc1ccc(O)cc1)NC(=O)[C@H](CC(=O)O)CC(=O)[C@H](CO)NC(=O)[C@@H](CC(=O)[C@H](Cc1ccccc1)NC(=O)[C@@H](CC(=O)CNC(=O)[C@H](CCC(=O)O)CC(=O)CSCC(=O)CCCN1C[C@H](OC)CC1=O)[C@@H](C)O)[C@@H](C)O)C(=O)C[C@@H](Cc1ccc(O)cc1)C(=O)N[C@@H](CC(C)C)C(=O)C[C@@H](CC(=O)O)C(=O)N[C@H](C)CCCCN. The molecule has 0 bridgehead atoms. The summed E-state index contributed by atoms with van der Waals surface area (Å²) in [5, 5.41) is 111. The standard InChI is InChI=1S/C93H133N9O29S/c1-9-53(4)86(81(116)39-61(33-58-20-25-65(107)26-21-58)89(126)97-73(32-52(2)3)77(112)37-62(41-84(120)121)88(125)96-54(5)16-13-14-30-94)101-91(128)64(48-103)40-78(113)74(35-59-22-27-66(108)28-23-59)98-90(127)63(42-85(122)123)38-79(114)76(49-104)100-93(130)72(56(7)106)45-80(115)75(34-57-17-11-10-12-18-57)99-92(129)71(55(6)105)43-68(110)46-95-87(124)60(24-29-83(118)119)36-69(111)51-132-50-67(109)19-15-31-102-47-70(131-8)44-82(102)117/h10-12,17-18,20-23,25-28,52-56,60-64,70-76,86,103-108H,9,13-16,19,24,29-51,94H2,1-8H3,(H,95,124)(H,96,125)(H,97,126)(H,98,127)(H,99,129)(H,100,130)(H,101,128)(H,118,119)(H,120,121)(H,122,123)/t53-,54+,55+,56+,60+,61+,62-,63-,64-,70+,71-,72-,73-,74-,75-,76-,86-/m0/s1. The smallest absolute Gasteiger partial charge is 0.304 e. The number of hydrogen-bond acceptors (Lipinski definition) is 28. The second-order valence-electron chi connectivity index (χ2n) is 34.6. The Hall–Kier alpha value is -11.1. The lowest BCUT2D eigenvalue weighted by Crippen LogP contribution is -2.52. The maximum Gasteiger partial charge on any atom is 0.304 e. The average Bonchev–Trinajstić information content (AvgIpc) is 1.09. The fraction of sp³-hybridized carbons (Fsp3) is 0.602. The van der Waals surface area contributed by atoms with Crippen LogP contribution in [0.5, 0.6) is 11.5 Å². The number of nitrogens with one attached hydrogen (secondary N) is 7. The van der Waals surface area contributed by atoms with Crippen molar-refractivity contribution in [2.45, 2.75) is 244 Å². The van der Waals surface area contributed by atoms with Crippen LogP contribution in [0.15, 0.2) is 78.9 Å². The van der Waals surface area contributed by atoms with Crippen LogP contribution in [0, 0.1) is 53.3 Å². The third-order valence-corrected chi connectivity index (χ3v) is 24.2. The first-order valence-electron chi connectivity index (χ1n) is 44.6. The Labute approximate surface area is 771 Å². The van der Waals surface area contributed by atoms with Gasteiger partial charge in [0.05, 0.1) is 123 Å². The first kappa shape index (κ1) is 113. The number of unbranched alkanes of at least 4 members (excludes halogenated alkanes) is 1. The lowest BCUT2D eigenvalue weighted by atomic mass is 9.85. The molecule has 0 radical (unpaired) electrons. The van der Waals surface area contributed by atoms with Crippen LogP contribution in [0.1, 0.15) is 187 Å². The number of methoxy groups -OCH3 is 1. The Morgan fingerprint density at radius 3 is 1.46 bits per heavy atom. The molecule has 0 spiro atoms. The molecule has 18 N–H and O–H groups in total. The van der Waals surface area contributed by atoms with Gasteiger partial charge in [-0.05, 0) is 131 Å². The number of rotatable bonds is 68. The molecule has 730 valence electrons. The molecular formula is C93H133N9O29S. The molecule has 0 aliphatic carbocycles. The number of phenolic OH excluding ortho intramolecular Hbond substituents is 2. The molecule has 3 aromatic carbocycles. The van der Waals surface area contributed by atoms with Crippen molar-refractivity contribution in [1.82, 2.24) is 42.1 Å². The number of hydrogen-bond donors (Lipinski definition) is 17. The fourth-order valence-corrected chi connectivity index (χ4v) is 15.9. The van der Waals surface area contributed by atoms with E-state index in [1.54, 1.807) is 69.9 Å². The Morgan fingerprint density at radius 2 is 0.947 bits per heavy atom. The number of aromatic hydroxyl groups is 2. The number of carboxylic acid groups (broad SMARTS) is 3. The Bertz CT molecular complexity index is 4380. The van der Waals surface area contributed by atoms with Crippen LogP contribution in [0.3, 0.4) is 0 Å². The Kier molecular flexibility index (Phi) is 50.4. The van der Waals surface area contributed by atoms with E-state index in [0.717, 1.165) is 25.6 Å². The number of phenols is 2. The molecule has 4 rings (SSSR count). The first-order valence-corrected chi connectivity index (χ1v) is 45.7. The number of ketones is 8. The van der Waals surface area contributed by atoms with Crippen molar-refractivity contribution in [1.29, 1.82) is 0 Å². The molecule has 0 unspecified atom stereocenters. The maximum atomic E-state index is 14.9. The largest absolute Gasteiger partial charge is 0.508 e. The minimum atomic E-state index is -1.99. The number of aliphatic carboxylic acids is 3. The lowest BCUT2D eigenvalue weighted by molar-refractivity contribution is -0.143. The van der Waals surface area contributed by atoms with Gasteiger partial charge in [-0.25, -0.2) is 0 Å². The second-order valence-corrected chi connectivity index (χ2v) is 35.6. The summed E-state index contributed by atoms with van der Waals surface area (Å²) in [6.07, 6.45) is -9.57. The number of benzene rings is 3. The molecular weight excluding hydrogens is 1740 g/mol. The van der Waals surface area contributed by atoms with Gasteiger partial charge >= 0.3 is 17.9 Å². The molecule has 1 aliphatic heterocycles. The van der Waals surface area contributed by atoms with Gasteiger partial charge in [0.25, 0.3) is 0 Å². The number of likely N-dealkylation sites (tertiary alicyclic amines) is 1. The minimum Gasteiger partial charge on any atom is -0.508 e. The first-order chi connectivity index (χ1) is 62.4. The summed E-state index contributed by atoms with van der Waals surface area (Å²) in [6.45, 7) is 8.93. The van der Waals surface area contributed by atoms with Crippen molar-refractivity contribution in [2.75, 3.05) is 58.0 Å². The van der Waals surface area contributed by atoms with E-state index in [1.807, 2.05) is 0 Å². The van der Waals surface area contributed by atoms with E-state index in [4.69, 9.17) is 10.5 Å². The molecule has 1 saturated heterocycles. The number of ether oxygens (including phenoxy) is 1. The summed E-state index contributed by atoms with van der Waals surface area (Å²) in [4.78, 5) is 261. The van der Waals surface area contributed by atoms with Crippen LogP contribution < -0.4 is 43.0 Å². The minimum absolute atomic E-state index is 0.0251. The highest BCUT2D eigenvalue weighted by molar-refractivity contribution is 8.00. The van der Waals surface area contributed by atoms with Crippen molar-refractivity contribution >= 4 is 123 Å². The van der Waals surface area contributed by atoms with Crippen molar-refractivity contribution < 1.29 is 142 Å². The van der Waals surface area contributed by atoms with Gasteiger partial charge in [0, 0.05) is 95.9 Å². The number of nitrogens with zero attached hydrogens (tertiary/aromatic N) is 1. The number of carbonyl (C=O) groups excluding carboxylic acids is 16. The molecule has 39 heteroatoms. The number of carbonyl (C=O) groups is 19. The molecule has 1 fully saturated rings. The van der Waals surface area contributed by atoms with E-state index in [-0.39, 0.29) is 103 Å². The van der Waals surface area contributed by atoms with Crippen molar-refractivity contribution in [3.05, 3.63) is 95.6 Å². The van der Waals surface area contributed by atoms with Gasteiger partial charge < -0.3 is 98.5 Å². The van der Waals surface area contributed by atoms with Crippen LogP contribution >= 0.6 is 11.8 Å². The molecule has 1 aliphatic rings. The summed E-state index contributed by atoms with van der Waals surface area (Å²) in [7, 11) is 1.51. The molecule has 0 aromatic heterocycles. The van der Waals surface area contributed by atoms with Crippen LogP contribution in [0.25, 0.3) is 0 Å². The van der Waals surface area contributed by atoms with Gasteiger partial charge in [-0.2, -0.15) is 0 Å². The number of aliphatic hydroxyl groups excluding tert-OH is 4. The number of thioether (sulfide) groups is 1. The number of amides is 8. The van der Waals surface area contributed by atoms with Crippen LogP contribution in [-0.4, -0.2) is 275 Å². The molecule has 38 nitrogen and oxygen atoms in total. The molecule has 1 heterocycles. The summed E-state index contributed by atoms with van der Waals surface area (Å²) in [6, 6.07) is 10.4. The van der Waals surface area contributed by atoms with Gasteiger partial charge in [0.15, 0.2) is 34.7 Å². The summed E-state index contributed by atoms with van der Waals surface area (Å²) in [5.41, 5.74) is 6.77. The lowest BCUT2D eigenvalue weighted by Gasteiger charge is -2.28. The zero-order chi connectivity index (χ0) is 98.6. The monoisotopic (exact) mass is 1870 g/mol. The van der Waals surface area contributed by atoms with Crippen molar-refractivity contribution in [2.24, 2.45) is 59.0 Å². The summed E-state index contributed by atoms with van der Waals surface area (Å²) in [5.74, 6) is -29.9. The molecule has 8 amide bonds. The van der Waals surface area contributed by atoms with Gasteiger partial charge in [-0.1, -0.05) is 95.1 Å². The van der Waals surface area contributed by atoms with Crippen molar-refractivity contribution in [3.8, 4) is 11.5 Å². The normalized spacial score (nSPS) is 16.2. The van der Waals surface area contributed by atoms with E-state index in [1.165, 1.54) is 55.6 Å². The predicted molar refractivity (Wildman–Crippen MR) is 480 cm³/mol. The van der Waals surface area contributed by atoms with Crippen LogP contribution in [-0.2, 0) is 115 Å². The molecule has 17 atom stereocenters. The number of Topliss-reactive ketones (excluding diaryl/α,β-unsaturated/α-hetero) is 8. The molecule has 3 aromatic rings. The maximum absolute atomic E-state index is 14.9. The van der Waals surface area contributed by atoms with Crippen molar-refractivity contribution in [3.63, 3.8) is 0 Å². The summed E-state index contributed by atoms with van der Waals surface area (Å²) >= 11 is 0.990. The quantitative estimate of drug-likeness (QED) is 0.0361. The van der Waals surface area contributed by atoms with Crippen LogP contribution in [0.4, 0.5) is 0 Å².